The molecule has 0 aliphatic carbocycles. The molecule has 1 aromatic carbocycles. The van der Waals surface area contributed by atoms with Gasteiger partial charge in [-0.3, -0.25) is 0 Å². The Bertz CT molecular complexity index is 607. The van der Waals surface area contributed by atoms with Crippen molar-refractivity contribution in [1.82, 2.24) is 9.55 Å². The Labute approximate surface area is 116 Å². The number of fused-ring (bicyclic) bond motifs is 1. The molecule has 1 N–H and O–H groups in total. The number of carbonyl (C=O) groups is 1. The van der Waals surface area contributed by atoms with Crippen LogP contribution in [0.4, 0.5) is 0 Å². The number of imidazole rings is 1. The number of carboxylic acid groups (broad SMARTS) is 1. The summed E-state index contributed by atoms with van der Waals surface area (Å²) in [6.07, 6.45) is 2.10. The van der Waals surface area contributed by atoms with E-state index in [4.69, 9.17) is 0 Å². The lowest BCUT2D eigenvalue weighted by atomic mass is 10.1. The van der Waals surface area contributed by atoms with E-state index in [1.54, 1.807) is 12.1 Å². The van der Waals surface area contributed by atoms with E-state index in [2.05, 4.69) is 22.7 Å². The van der Waals surface area contributed by atoms with Gasteiger partial charge in [0.2, 0.25) is 0 Å². The molecule has 1 unspecified atom stereocenters. The first-order chi connectivity index (χ1) is 9.04. The van der Waals surface area contributed by atoms with Gasteiger partial charge in [0, 0.05) is 6.54 Å². The molecule has 0 saturated carbocycles. The standard InChI is InChI=1S/C14H18N2O2S/c1-9(8-19-3)7-16-10(2)15-13-11(14(17)18)5-4-6-12(13)16/h4-6,9H,7-8H2,1-3H3,(H,17,18). The summed E-state index contributed by atoms with van der Waals surface area (Å²) in [5.74, 6) is 1.56. The van der Waals surface area contributed by atoms with Crippen LogP contribution in [0.3, 0.4) is 0 Å². The molecule has 0 amide bonds. The SMILES string of the molecule is CSCC(C)Cn1c(C)nc2c(C(=O)O)cccc21. The molecular weight excluding hydrogens is 260 g/mol. The summed E-state index contributed by atoms with van der Waals surface area (Å²) in [7, 11) is 0. The van der Waals surface area contributed by atoms with Gasteiger partial charge in [-0.1, -0.05) is 13.0 Å². The summed E-state index contributed by atoms with van der Waals surface area (Å²) in [5, 5.41) is 9.20. The third kappa shape index (κ3) is 2.76. The zero-order valence-electron chi connectivity index (χ0n) is 11.4. The molecule has 0 saturated heterocycles. The number of para-hydroxylation sites is 1. The maximum atomic E-state index is 11.2. The molecule has 0 radical (unpaired) electrons. The number of benzene rings is 1. The zero-order valence-corrected chi connectivity index (χ0v) is 12.2. The van der Waals surface area contributed by atoms with Gasteiger partial charge in [-0.25, -0.2) is 9.78 Å². The number of thioether (sulfide) groups is 1. The van der Waals surface area contributed by atoms with Crippen LogP contribution in [0.1, 0.15) is 23.1 Å². The molecule has 1 aromatic heterocycles. The molecule has 102 valence electrons. The minimum atomic E-state index is -0.924. The number of rotatable bonds is 5. The summed E-state index contributed by atoms with van der Waals surface area (Å²) >= 11 is 1.82. The van der Waals surface area contributed by atoms with Crippen LogP contribution >= 0.6 is 11.8 Å². The second-order valence-corrected chi connectivity index (χ2v) is 5.72. The van der Waals surface area contributed by atoms with Crippen LogP contribution in [0, 0.1) is 12.8 Å². The first-order valence-corrected chi connectivity index (χ1v) is 7.62. The lowest BCUT2D eigenvalue weighted by molar-refractivity contribution is 0.0699. The van der Waals surface area contributed by atoms with Gasteiger partial charge in [-0.15, -0.1) is 0 Å². The second kappa shape index (κ2) is 5.65. The summed E-state index contributed by atoms with van der Waals surface area (Å²) in [4.78, 5) is 15.6. The number of aromatic nitrogens is 2. The Morgan fingerprint density at radius 3 is 2.89 bits per heavy atom. The summed E-state index contributed by atoms with van der Waals surface area (Å²) in [5.41, 5.74) is 1.77. The highest BCUT2D eigenvalue weighted by molar-refractivity contribution is 7.98. The Balaban J connectivity index is 2.48. The highest BCUT2D eigenvalue weighted by Gasteiger charge is 2.16. The van der Waals surface area contributed by atoms with Gasteiger partial charge >= 0.3 is 5.97 Å². The number of aryl methyl sites for hydroxylation is 1. The minimum Gasteiger partial charge on any atom is -0.478 e. The van der Waals surface area contributed by atoms with E-state index in [1.165, 1.54) is 0 Å². The van der Waals surface area contributed by atoms with Crippen molar-refractivity contribution in [1.29, 1.82) is 0 Å². The molecule has 1 heterocycles. The van der Waals surface area contributed by atoms with E-state index >= 15 is 0 Å². The lowest BCUT2D eigenvalue weighted by Gasteiger charge is -2.13. The van der Waals surface area contributed by atoms with Crippen LogP contribution in [0.15, 0.2) is 18.2 Å². The Kier molecular flexibility index (Phi) is 4.14. The smallest absolute Gasteiger partial charge is 0.337 e. The van der Waals surface area contributed by atoms with Crippen molar-refractivity contribution in [2.45, 2.75) is 20.4 Å². The largest absolute Gasteiger partial charge is 0.478 e. The molecule has 1 atom stereocenters. The van der Waals surface area contributed by atoms with Crippen molar-refractivity contribution in [2.75, 3.05) is 12.0 Å². The average Bonchev–Trinajstić information content (AvgIpc) is 2.66. The van der Waals surface area contributed by atoms with Gasteiger partial charge in [-0.2, -0.15) is 11.8 Å². The molecule has 0 bridgehead atoms. The zero-order chi connectivity index (χ0) is 14.0. The summed E-state index contributed by atoms with van der Waals surface area (Å²) < 4.78 is 2.11. The Morgan fingerprint density at radius 1 is 1.53 bits per heavy atom. The fraction of sp³-hybridized carbons (Fsp3) is 0.429. The highest BCUT2D eigenvalue weighted by atomic mass is 32.2. The lowest BCUT2D eigenvalue weighted by Crippen LogP contribution is -2.11. The average molecular weight is 278 g/mol. The van der Waals surface area contributed by atoms with Crippen molar-refractivity contribution < 1.29 is 9.90 Å². The quantitative estimate of drug-likeness (QED) is 0.913. The number of carboxylic acids is 1. The Hall–Kier alpha value is -1.49. The fourth-order valence-electron chi connectivity index (χ4n) is 2.32. The van der Waals surface area contributed by atoms with Gasteiger partial charge in [0.15, 0.2) is 0 Å². The highest BCUT2D eigenvalue weighted by Crippen LogP contribution is 2.22. The van der Waals surface area contributed by atoms with Crippen LogP contribution < -0.4 is 0 Å². The van der Waals surface area contributed by atoms with Crippen LogP contribution in [0.5, 0.6) is 0 Å². The first kappa shape index (κ1) is 13.9. The molecule has 5 heteroatoms. The van der Waals surface area contributed by atoms with Gasteiger partial charge in [0.1, 0.15) is 11.3 Å². The van der Waals surface area contributed by atoms with E-state index in [0.29, 0.717) is 11.4 Å². The fourth-order valence-corrected chi connectivity index (χ4v) is 2.99. The predicted octanol–water partition coefficient (Wildman–Crippen LogP) is 3.04. The predicted molar refractivity (Wildman–Crippen MR) is 79.0 cm³/mol. The molecule has 0 fully saturated rings. The normalized spacial score (nSPS) is 12.8. The van der Waals surface area contributed by atoms with E-state index in [0.717, 1.165) is 23.6 Å². The van der Waals surface area contributed by atoms with Crippen LogP contribution in [0.25, 0.3) is 11.0 Å². The third-order valence-electron chi connectivity index (χ3n) is 3.15. The minimum absolute atomic E-state index is 0.275. The number of aromatic carboxylic acids is 1. The van der Waals surface area contributed by atoms with E-state index in [9.17, 15) is 9.90 Å². The first-order valence-electron chi connectivity index (χ1n) is 6.22. The molecule has 2 rings (SSSR count). The van der Waals surface area contributed by atoms with E-state index in [1.807, 2.05) is 24.8 Å². The third-order valence-corrected chi connectivity index (χ3v) is 4.05. The van der Waals surface area contributed by atoms with Gasteiger partial charge in [0.25, 0.3) is 0 Å². The van der Waals surface area contributed by atoms with Gasteiger partial charge in [0.05, 0.1) is 11.1 Å². The molecule has 19 heavy (non-hydrogen) atoms. The molecular formula is C14H18N2O2S. The van der Waals surface area contributed by atoms with Crippen molar-refractivity contribution >= 4 is 28.8 Å². The number of hydrogen-bond donors (Lipinski definition) is 1. The molecule has 4 nitrogen and oxygen atoms in total. The molecule has 2 aromatic rings. The number of nitrogens with zero attached hydrogens (tertiary/aromatic N) is 2. The van der Waals surface area contributed by atoms with Crippen molar-refractivity contribution in [3.05, 3.63) is 29.6 Å². The summed E-state index contributed by atoms with van der Waals surface area (Å²) in [6, 6.07) is 5.32. The van der Waals surface area contributed by atoms with Crippen LogP contribution in [-0.2, 0) is 6.54 Å². The molecule has 0 spiro atoms. The van der Waals surface area contributed by atoms with E-state index < -0.39 is 5.97 Å². The van der Waals surface area contributed by atoms with Gasteiger partial charge in [-0.05, 0) is 37.0 Å². The van der Waals surface area contributed by atoms with Gasteiger partial charge < -0.3 is 9.67 Å². The maximum absolute atomic E-state index is 11.2. The molecule has 0 aliphatic rings. The van der Waals surface area contributed by atoms with Crippen LogP contribution in [-0.4, -0.2) is 32.6 Å². The van der Waals surface area contributed by atoms with E-state index in [-0.39, 0.29) is 5.56 Å². The van der Waals surface area contributed by atoms with Crippen LogP contribution in [0.2, 0.25) is 0 Å². The van der Waals surface area contributed by atoms with Crippen molar-refractivity contribution in [3.8, 4) is 0 Å². The monoisotopic (exact) mass is 278 g/mol. The Morgan fingerprint density at radius 2 is 2.26 bits per heavy atom. The topological polar surface area (TPSA) is 55.1 Å². The van der Waals surface area contributed by atoms with Crippen molar-refractivity contribution in [3.63, 3.8) is 0 Å². The maximum Gasteiger partial charge on any atom is 0.337 e. The summed E-state index contributed by atoms with van der Waals surface area (Å²) in [6.45, 7) is 4.99. The second-order valence-electron chi connectivity index (χ2n) is 4.81. The molecule has 0 aliphatic heterocycles. The number of hydrogen-bond acceptors (Lipinski definition) is 3. The van der Waals surface area contributed by atoms with Crippen molar-refractivity contribution in [2.24, 2.45) is 5.92 Å².